The Labute approximate surface area is 178 Å². The predicted molar refractivity (Wildman–Crippen MR) is 105 cm³/mol. The Morgan fingerprint density at radius 3 is 2.61 bits per heavy atom. The van der Waals surface area contributed by atoms with Crippen LogP contribution in [-0.4, -0.2) is 51.7 Å². The molecule has 1 aliphatic heterocycles. The number of hydrogen-bond acceptors (Lipinski definition) is 5. The zero-order valence-electron chi connectivity index (χ0n) is 17.7. The smallest absolute Gasteiger partial charge is 0.475 e. The largest absolute Gasteiger partial charge is 0.490 e. The molecule has 1 unspecified atom stereocenters. The van der Waals surface area contributed by atoms with Gasteiger partial charge in [0.05, 0.1) is 18.8 Å². The van der Waals surface area contributed by atoms with Gasteiger partial charge in [-0.05, 0) is 44.7 Å². The summed E-state index contributed by atoms with van der Waals surface area (Å²) in [4.78, 5) is 11.3. The number of aliphatic carboxylic acids is 1. The van der Waals surface area contributed by atoms with Gasteiger partial charge in [-0.15, -0.1) is 0 Å². The van der Waals surface area contributed by atoms with Gasteiger partial charge in [0.25, 0.3) is 0 Å². The SMILES string of the molecule is CCOCC1CN(Cc2ccc(C)o2)Cc2nn(CC3CC3)cc21.O=C(O)C(F)(F)F. The lowest BCUT2D eigenvalue weighted by Gasteiger charge is -2.31. The summed E-state index contributed by atoms with van der Waals surface area (Å²) in [6.45, 7) is 9.40. The van der Waals surface area contributed by atoms with Gasteiger partial charge >= 0.3 is 12.1 Å². The molecule has 0 amide bonds. The van der Waals surface area contributed by atoms with E-state index in [2.05, 4.69) is 28.8 Å². The molecule has 0 spiro atoms. The van der Waals surface area contributed by atoms with E-state index in [1.54, 1.807) is 0 Å². The third-order valence-electron chi connectivity index (χ3n) is 5.25. The number of ether oxygens (including phenoxy) is 1. The highest BCUT2D eigenvalue weighted by atomic mass is 19.4. The fourth-order valence-corrected chi connectivity index (χ4v) is 3.60. The average Bonchev–Trinajstić information content (AvgIpc) is 3.26. The Bertz CT molecular complexity index is 874. The summed E-state index contributed by atoms with van der Waals surface area (Å²) in [6.07, 6.45) is -0.0978. The molecule has 3 heterocycles. The molecule has 1 N–H and O–H groups in total. The quantitative estimate of drug-likeness (QED) is 0.698. The van der Waals surface area contributed by atoms with Crippen LogP contribution in [0.5, 0.6) is 0 Å². The highest BCUT2D eigenvalue weighted by Gasteiger charge is 2.38. The third-order valence-corrected chi connectivity index (χ3v) is 5.25. The molecule has 1 fully saturated rings. The van der Waals surface area contributed by atoms with Crippen molar-refractivity contribution in [2.45, 2.75) is 58.4 Å². The second-order valence-electron chi connectivity index (χ2n) is 8.04. The lowest BCUT2D eigenvalue weighted by atomic mass is 9.95. The topological polar surface area (TPSA) is 80.7 Å². The second kappa shape index (κ2) is 9.86. The molecule has 0 radical (unpaired) electrons. The van der Waals surface area contributed by atoms with E-state index in [1.165, 1.54) is 24.1 Å². The van der Waals surface area contributed by atoms with Crippen molar-refractivity contribution >= 4 is 5.97 Å². The van der Waals surface area contributed by atoms with Crippen LogP contribution in [0.1, 0.15) is 48.5 Å². The van der Waals surface area contributed by atoms with Gasteiger partial charge in [0, 0.05) is 43.9 Å². The van der Waals surface area contributed by atoms with Crippen molar-refractivity contribution in [3.63, 3.8) is 0 Å². The summed E-state index contributed by atoms with van der Waals surface area (Å²) in [5.41, 5.74) is 2.60. The molecule has 0 saturated heterocycles. The van der Waals surface area contributed by atoms with Gasteiger partial charge in [-0.2, -0.15) is 18.3 Å². The molecule has 1 aliphatic carbocycles. The molecule has 31 heavy (non-hydrogen) atoms. The Balaban J connectivity index is 0.000000339. The fourth-order valence-electron chi connectivity index (χ4n) is 3.60. The zero-order valence-corrected chi connectivity index (χ0v) is 17.7. The maximum atomic E-state index is 10.6. The first kappa shape index (κ1) is 23.3. The standard InChI is InChI=1S/C19H27N3O2.C2HF3O2/c1-3-23-13-16-9-21(10-17-7-4-14(2)24-17)12-19-18(16)11-22(20-19)8-15-5-6-15;3-2(4,5)1(6)7/h4,7,11,15-16H,3,5-6,8-10,12-13H2,1-2H3;(H,6,7). The number of halogens is 3. The normalized spacial score (nSPS) is 18.9. The lowest BCUT2D eigenvalue weighted by Crippen LogP contribution is -2.34. The molecule has 172 valence electrons. The van der Waals surface area contributed by atoms with E-state index in [0.29, 0.717) is 5.92 Å². The first-order chi connectivity index (χ1) is 14.7. The molecule has 1 atom stereocenters. The number of alkyl halides is 3. The van der Waals surface area contributed by atoms with Crippen molar-refractivity contribution in [3.8, 4) is 0 Å². The minimum absolute atomic E-state index is 0.401. The van der Waals surface area contributed by atoms with Crippen molar-refractivity contribution in [1.29, 1.82) is 0 Å². The van der Waals surface area contributed by atoms with E-state index in [0.717, 1.165) is 56.8 Å². The summed E-state index contributed by atoms with van der Waals surface area (Å²) in [6, 6.07) is 4.11. The number of nitrogens with zero attached hydrogens (tertiary/aromatic N) is 3. The van der Waals surface area contributed by atoms with E-state index in [9.17, 15) is 13.2 Å². The van der Waals surface area contributed by atoms with Gasteiger partial charge < -0.3 is 14.3 Å². The molecule has 1 saturated carbocycles. The monoisotopic (exact) mass is 443 g/mol. The van der Waals surface area contributed by atoms with Crippen molar-refractivity contribution in [3.05, 3.63) is 41.1 Å². The van der Waals surface area contributed by atoms with Crippen LogP contribution in [0.25, 0.3) is 0 Å². The van der Waals surface area contributed by atoms with Gasteiger partial charge in [-0.1, -0.05) is 0 Å². The molecular formula is C21H28F3N3O4. The van der Waals surface area contributed by atoms with Crippen molar-refractivity contribution in [1.82, 2.24) is 14.7 Å². The number of rotatable bonds is 7. The molecule has 2 aromatic rings. The van der Waals surface area contributed by atoms with Crippen LogP contribution >= 0.6 is 0 Å². The van der Waals surface area contributed by atoms with Crippen LogP contribution in [0.3, 0.4) is 0 Å². The summed E-state index contributed by atoms with van der Waals surface area (Å²) in [5.74, 6) is 0.495. The maximum absolute atomic E-state index is 10.6. The number of carboxylic acid groups (broad SMARTS) is 1. The number of fused-ring (bicyclic) bond motifs is 1. The van der Waals surface area contributed by atoms with Crippen molar-refractivity contribution < 1.29 is 32.2 Å². The Kier molecular flexibility index (Phi) is 7.42. The Morgan fingerprint density at radius 2 is 2.06 bits per heavy atom. The summed E-state index contributed by atoms with van der Waals surface area (Å²) in [7, 11) is 0. The van der Waals surface area contributed by atoms with E-state index < -0.39 is 12.1 Å². The summed E-state index contributed by atoms with van der Waals surface area (Å²) in [5, 5.41) is 12.0. The van der Waals surface area contributed by atoms with E-state index in [4.69, 9.17) is 24.2 Å². The number of furan rings is 1. The van der Waals surface area contributed by atoms with E-state index in [1.807, 2.05) is 13.0 Å². The Hall–Kier alpha value is -2.33. The van der Waals surface area contributed by atoms with E-state index in [-0.39, 0.29) is 0 Å². The van der Waals surface area contributed by atoms with Gasteiger partial charge in [0.1, 0.15) is 11.5 Å². The van der Waals surface area contributed by atoms with Crippen LogP contribution in [-0.2, 0) is 29.2 Å². The second-order valence-corrected chi connectivity index (χ2v) is 8.04. The number of hydrogen-bond donors (Lipinski definition) is 1. The number of carboxylic acids is 1. The molecular weight excluding hydrogens is 415 g/mol. The van der Waals surface area contributed by atoms with Crippen LogP contribution < -0.4 is 0 Å². The van der Waals surface area contributed by atoms with Gasteiger partial charge in [0.2, 0.25) is 0 Å². The van der Waals surface area contributed by atoms with Gasteiger partial charge in [0.15, 0.2) is 0 Å². The third kappa shape index (κ3) is 6.83. The maximum Gasteiger partial charge on any atom is 0.490 e. The molecule has 10 heteroatoms. The van der Waals surface area contributed by atoms with Crippen molar-refractivity contribution in [2.75, 3.05) is 19.8 Å². The Morgan fingerprint density at radius 1 is 1.35 bits per heavy atom. The summed E-state index contributed by atoms with van der Waals surface area (Å²) < 4.78 is 45.4. The first-order valence-electron chi connectivity index (χ1n) is 10.4. The highest BCUT2D eigenvalue weighted by Crippen LogP contribution is 2.33. The zero-order chi connectivity index (χ0) is 22.6. The molecule has 2 aliphatic rings. The number of aromatic nitrogens is 2. The van der Waals surface area contributed by atoms with Crippen molar-refractivity contribution in [2.24, 2.45) is 5.92 Å². The fraction of sp³-hybridized carbons (Fsp3) is 0.619. The van der Waals surface area contributed by atoms with E-state index >= 15 is 0 Å². The predicted octanol–water partition coefficient (Wildman–Crippen LogP) is 3.96. The molecule has 2 aromatic heterocycles. The minimum atomic E-state index is -5.08. The van der Waals surface area contributed by atoms with Gasteiger partial charge in [-0.3, -0.25) is 9.58 Å². The highest BCUT2D eigenvalue weighted by molar-refractivity contribution is 5.73. The first-order valence-corrected chi connectivity index (χ1v) is 10.4. The lowest BCUT2D eigenvalue weighted by molar-refractivity contribution is -0.192. The van der Waals surface area contributed by atoms with Crippen LogP contribution in [0.4, 0.5) is 13.2 Å². The van der Waals surface area contributed by atoms with Crippen LogP contribution in [0.15, 0.2) is 22.7 Å². The van der Waals surface area contributed by atoms with Gasteiger partial charge in [-0.25, -0.2) is 4.79 Å². The molecule has 0 aromatic carbocycles. The minimum Gasteiger partial charge on any atom is -0.475 e. The molecule has 7 nitrogen and oxygen atoms in total. The molecule has 4 rings (SSSR count). The van der Waals surface area contributed by atoms with Crippen LogP contribution in [0.2, 0.25) is 0 Å². The summed E-state index contributed by atoms with van der Waals surface area (Å²) >= 11 is 0. The number of aryl methyl sites for hydroxylation is 1. The average molecular weight is 443 g/mol. The number of carbonyl (C=O) groups is 1. The van der Waals surface area contributed by atoms with Crippen LogP contribution in [0, 0.1) is 12.8 Å². The molecule has 0 bridgehead atoms.